The van der Waals surface area contributed by atoms with Crippen LogP contribution in [0.2, 0.25) is 0 Å². The SMILES string of the molecule is CC(=O)NC1[C@@H]2CCC[C@H]1CC2. The summed E-state index contributed by atoms with van der Waals surface area (Å²) < 4.78 is 0. The molecular formula is C10H17NO. The normalized spacial score (nSPS) is 39.6. The molecule has 2 saturated carbocycles. The van der Waals surface area contributed by atoms with E-state index in [0.29, 0.717) is 6.04 Å². The summed E-state index contributed by atoms with van der Waals surface area (Å²) in [6.07, 6.45) is 6.74. The Kier molecular flexibility index (Phi) is 2.07. The molecule has 68 valence electrons. The molecule has 0 aromatic heterocycles. The van der Waals surface area contributed by atoms with Crippen LogP contribution in [0.3, 0.4) is 0 Å². The zero-order valence-electron chi connectivity index (χ0n) is 7.68. The van der Waals surface area contributed by atoms with Crippen LogP contribution in [0, 0.1) is 11.8 Å². The van der Waals surface area contributed by atoms with E-state index in [-0.39, 0.29) is 5.91 Å². The number of nitrogens with one attached hydrogen (secondary N) is 1. The van der Waals surface area contributed by atoms with Gasteiger partial charge in [-0.2, -0.15) is 0 Å². The third-order valence-corrected chi connectivity index (χ3v) is 3.44. The molecular weight excluding hydrogens is 150 g/mol. The number of fused-ring (bicyclic) bond motifs is 2. The van der Waals surface area contributed by atoms with Gasteiger partial charge in [-0.3, -0.25) is 4.79 Å². The van der Waals surface area contributed by atoms with Gasteiger partial charge in [0.2, 0.25) is 5.91 Å². The fourth-order valence-corrected chi connectivity index (χ4v) is 2.93. The molecule has 1 amide bonds. The van der Waals surface area contributed by atoms with Crippen molar-refractivity contribution in [2.24, 2.45) is 11.8 Å². The van der Waals surface area contributed by atoms with E-state index in [2.05, 4.69) is 5.32 Å². The number of hydrogen-bond donors (Lipinski definition) is 1. The summed E-state index contributed by atoms with van der Waals surface area (Å²) in [5.74, 6) is 1.75. The van der Waals surface area contributed by atoms with Gasteiger partial charge in [0, 0.05) is 13.0 Å². The fourth-order valence-electron chi connectivity index (χ4n) is 2.93. The first-order valence-corrected chi connectivity index (χ1v) is 5.04. The lowest BCUT2D eigenvalue weighted by molar-refractivity contribution is -0.120. The Morgan fingerprint density at radius 2 is 1.75 bits per heavy atom. The van der Waals surface area contributed by atoms with Gasteiger partial charge in [-0.25, -0.2) is 0 Å². The van der Waals surface area contributed by atoms with Crippen molar-refractivity contribution >= 4 is 5.91 Å². The predicted octanol–water partition coefficient (Wildman–Crippen LogP) is 1.70. The number of carbonyl (C=O) groups is 1. The molecule has 1 N–H and O–H groups in total. The highest BCUT2D eigenvalue weighted by Crippen LogP contribution is 2.41. The molecule has 2 aliphatic rings. The minimum atomic E-state index is 0.152. The van der Waals surface area contributed by atoms with E-state index >= 15 is 0 Å². The highest BCUT2D eigenvalue weighted by atomic mass is 16.1. The monoisotopic (exact) mass is 167 g/mol. The van der Waals surface area contributed by atoms with E-state index in [4.69, 9.17) is 0 Å². The topological polar surface area (TPSA) is 29.1 Å². The van der Waals surface area contributed by atoms with Gasteiger partial charge in [-0.05, 0) is 37.5 Å². The highest BCUT2D eigenvalue weighted by Gasteiger charge is 2.38. The van der Waals surface area contributed by atoms with Crippen molar-refractivity contribution in [3.05, 3.63) is 0 Å². The van der Waals surface area contributed by atoms with Gasteiger partial charge in [-0.15, -0.1) is 0 Å². The van der Waals surface area contributed by atoms with Crippen LogP contribution in [0.4, 0.5) is 0 Å². The van der Waals surface area contributed by atoms with E-state index in [1.54, 1.807) is 6.92 Å². The van der Waals surface area contributed by atoms with Crippen molar-refractivity contribution in [2.45, 2.75) is 45.1 Å². The smallest absolute Gasteiger partial charge is 0.217 e. The van der Waals surface area contributed by atoms with Gasteiger partial charge in [0.25, 0.3) is 0 Å². The van der Waals surface area contributed by atoms with Crippen LogP contribution >= 0.6 is 0 Å². The molecule has 12 heavy (non-hydrogen) atoms. The van der Waals surface area contributed by atoms with Crippen molar-refractivity contribution in [1.29, 1.82) is 0 Å². The van der Waals surface area contributed by atoms with Crippen LogP contribution in [0.25, 0.3) is 0 Å². The maximum atomic E-state index is 10.9. The molecule has 0 heterocycles. The van der Waals surface area contributed by atoms with E-state index in [1.807, 2.05) is 0 Å². The standard InChI is InChI=1S/C10H17NO/c1-7(12)11-10-8-3-2-4-9(10)6-5-8/h8-10H,2-6H2,1H3,(H,11,12)/t8-,9+,10?. The first-order chi connectivity index (χ1) is 5.77. The first kappa shape index (κ1) is 8.09. The van der Waals surface area contributed by atoms with Gasteiger partial charge in [0.05, 0.1) is 0 Å². The van der Waals surface area contributed by atoms with Crippen LogP contribution in [0.15, 0.2) is 0 Å². The summed E-state index contributed by atoms with van der Waals surface area (Å²) in [6, 6.07) is 0.524. The Balaban J connectivity index is 2.00. The van der Waals surface area contributed by atoms with Crippen molar-refractivity contribution in [2.75, 3.05) is 0 Å². The minimum absolute atomic E-state index is 0.152. The Bertz CT molecular complexity index is 174. The van der Waals surface area contributed by atoms with E-state index in [0.717, 1.165) is 11.8 Å². The molecule has 0 aliphatic heterocycles. The van der Waals surface area contributed by atoms with Crippen LogP contribution in [-0.4, -0.2) is 11.9 Å². The van der Waals surface area contributed by atoms with Gasteiger partial charge in [0.1, 0.15) is 0 Å². The summed E-state index contributed by atoms with van der Waals surface area (Å²) in [6.45, 7) is 1.63. The molecule has 0 aromatic carbocycles. The molecule has 0 aromatic rings. The minimum Gasteiger partial charge on any atom is -0.353 e. The highest BCUT2D eigenvalue weighted by molar-refractivity contribution is 5.73. The summed E-state index contributed by atoms with van der Waals surface area (Å²) >= 11 is 0. The first-order valence-electron chi connectivity index (χ1n) is 5.04. The molecule has 1 unspecified atom stereocenters. The number of amides is 1. The lowest BCUT2D eigenvalue weighted by Gasteiger charge is -2.30. The van der Waals surface area contributed by atoms with Crippen molar-refractivity contribution in [1.82, 2.24) is 5.32 Å². The van der Waals surface area contributed by atoms with Crippen molar-refractivity contribution in [3.8, 4) is 0 Å². The average molecular weight is 167 g/mol. The van der Waals surface area contributed by atoms with Crippen LogP contribution in [-0.2, 0) is 4.79 Å². The predicted molar refractivity (Wildman–Crippen MR) is 47.7 cm³/mol. The molecule has 2 rings (SSSR count). The van der Waals surface area contributed by atoms with Gasteiger partial charge >= 0.3 is 0 Å². The molecule has 2 heteroatoms. The summed E-state index contributed by atoms with van der Waals surface area (Å²) in [7, 11) is 0. The Labute approximate surface area is 73.7 Å². The third kappa shape index (κ3) is 1.35. The zero-order chi connectivity index (χ0) is 8.55. The van der Waals surface area contributed by atoms with Crippen LogP contribution in [0.1, 0.15) is 39.0 Å². The molecule has 0 spiro atoms. The third-order valence-electron chi connectivity index (χ3n) is 3.44. The number of hydrogen-bond acceptors (Lipinski definition) is 1. The van der Waals surface area contributed by atoms with Crippen molar-refractivity contribution < 1.29 is 4.79 Å². The van der Waals surface area contributed by atoms with Crippen molar-refractivity contribution in [3.63, 3.8) is 0 Å². The zero-order valence-corrected chi connectivity index (χ0v) is 7.68. The maximum absolute atomic E-state index is 10.9. The van der Waals surface area contributed by atoms with Gasteiger partial charge in [0.15, 0.2) is 0 Å². The summed E-state index contributed by atoms with van der Waals surface area (Å²) in [4.78, 5) is 10.9. The van der Waals surface area contributed by atoms with Gasteiger partial charge in [-0.1, -0.05) is 6.42 Å². The van der Waals surface area contributed by atoms with Crippen LogP contribution in [0.5, 0.6) is 0 Å². The Morgan fingerprint density at radius 1 is 1.17 bits per heavy atom. The summed E-state index contributed by atoms with van der Waals surface area (Å²) in [5, 5.41) is 3.10. The molecule has 0 radical (unpaired) electrons. The molecule has 0 saturated heterocycles. The molecule has 3 atom stereocenters. The second-order valence-electron chi connectivity index (χ2n) is 4.25. The van der Waals surface area contributed by atoms with Crippen LogP contribution < -0.4 is 5.32 Å². The maximum Gasteiger partial charge on any atom is 0.217 e. The summed E-state index contributed by atoms with van der Waals surface area (Å²) in [5.41, 5.74) is 0. The average Bonchev–Trinajstić information content (AvgIpc) is 2.30. The second-order valence-corrected chi connectivity index (χ2v) is 4.25. The molecule has 2 bridgehead atoms. The van der Waals surface area contributed by atoms with E-state index in [1.165, 1.54) is 32.1 Å². The Morgan fingerprint density at radius 3 is 2.25 bits per heavy atom. The fraction of sp³-hybridized carbons (Fsp3) is 0.900. The lowest BCUT2D eigenvalue weighted by atomic mass is 9.84. The molecule has 2 aliphatic carbocycles. The second kappa shape index (κ2) is 3.08. The molecule has 2 fully saturated rings. The molecule has 2 nitrogen and oxygen atoms in total. The van der Waals surface area contributed by atoms with Gasteiger partial charge < -0.3 is 5.32 Å². The number of rotatable bonds is 1. The largest absolute Gasteiger partial charge is 0.353 e. The number of carbonyl (C=O) groups excluding carboxylic acids is 1. The quantitative estimate of drug-likeness (QED) is 0.632. The lowest BCUT2D eigenvalue weighted by Crippen LogP contribution is -2.42. The Hall–Kier alpha value is -0.530. The van der Waals surface area contributed by atoms with E-state index < -0.39 is 0 Å². The van der Waals surface area contributed by atoms with E-state index in [9.17, 15) is 4.79 Å².